The van der Waals surface area contributed by atoms with Gasteiger partial charge in [-0.3, -0.25) is 0 Å². The van der Waals surface area contributed by atoms with Crippen molar-refractivity contribution in [1.29, 1.82) is 0 Å². The van der Waals surface area contributed by atoms with E-state index < -0.39 is 0 Å². The van der Waals surface area contributed by atoms with Crippen molar-refractivity contribution >= 4 is 65.0 Å². The van der Waals surface area contributed by atoms with E-state index in [1.807, 2.05) is 6.07 Å². The minimum atomic E-state index is 0.628. The van der Waals surface area contributed by atoms with Crippen molar-refractivity contribution in [3.05, 3.63) is 200 Å². The number of fused-ring (bicyclic) bond motifs is 8. The molecule has 12 rings (SSSR count). The van der Waals surface area contributed by atoms with Gasteiger partial charge in [-0.05, 0) is 96.4 Å². The monoisotopic (exact) mass is 751 g/mol. The first-order valence-electron chi connectivity index (χ1n) is 19.9. The Morgan fingerprint density at radius 3 is 1.47 bits per heavy atom. The molecule has 2 aromatic heterocycles. The van der Waals surface area contributed by atoms with Crippen molar-refractivity contribution in [1.82, 2.24) is 15.0 Å². The lowest BCUT2D eigenvalue weighted by Gasteiger charge is -2.15. The smallest absolute Gasteiger partial charge is 0.164 e. The minimum Gasteiger partial charge on any atom is -0.455 e. The van der Waals surface area contributed by atoms with Crippen LogP contribution in [-0.2, 0) is 0 Å². The maximum absolute atomic E-state index is 6.63. The van der Waals surface area contributed by atoms with E-state index in [2.05, 4.69) is 194 Å². The lowest BCUT2D eigenvalue weighted by atomic mass is 9.89. The highest BCUT2D eigenvalue weighted by Gasteiger charge is 2.20. The average molecular weight is 752 g/mol. The van der Waals surface area contributed by atoms with Gasteiger partial charge in [0, 0.05) is 32.8 Å². The maximum atomic E-state index is 6.63. The molecule has 0 unspecified atom stereocenters. The van der Waals surface area contributed by atoms with Crippen LogP contribution in [0.1, 0.15) is 0 Å². The third kappa shape index (κ3) is 5.57. The summed E-state index contributed by atoms with van der Waals surface area (Å²) in [4.78, 5) is 15.6. The van der Waals surface area contributed by atoms with Crippen molar-refractivity contribution in [2.24, 2.45) is 0 Å². The Hall–Kier alpha value is -7.95. The zero-order valence-corrected chi connectivity index (χ0v) is 31.8. The highest BCUT2D eigenvalue weighted by Crippen LogP contribution is 2.44. The Balaban J connectivity index is 1.09. The molecule has 0 bridgehead atoms. The zero-order chi connectivity index (χ0) is 38.9. The molecule has 0 saturated carbocycles. The molecule has 0 aliphatic heterocycles. The van der Waals surface area contributed by atoms with Gasteiger partial charge < -0.3 is 4.42 Å². The molecule has 0 fully saturated rings. The van der Waals surface area contributed by atoms with Crippen LogP contribution in [0.5, 0.6) is 0 Å². The van der Waals surface area contributed by atoms with Crippen LogP contribution in [0, 0.1) is 0 Å². The van der Waals surface area contributed by atoms with Crippen LogP contribution in [0.4, 0.5) is 0 Å². The van der Waals surface area contributed by atoms with E-state index in [0.29, 0.717) is 17.5 Å². The van der Waals surface area contributed by atoms with Crippen molar-refractivity contribution in [2.75, 3.05) is 0 Å². The number of aromatic nitrogens is 3. The fourth-order valence-electron chi connectivity index (χ4n) is 8.77. The van der Waals surface area contributed by atoms with Gasteiger partial charge >= 0.3 is 0 Å². The highest BCUT2D eigenvalue weighted by molar-refractivity contribution is 6.21. The zero-order valence-electron chi connectivity index (χ0n) is 31.8. The fourth-order valence-corrected chi connectivity index (χ4v) is 8.77. The predicted octanol–water partition coefficient (Wildman–Crippen LogP) is 14.7. The normalized spacial score (nSPS) is 11.7. The van der Waals surface area contributed by atoms with E-state index in [9.17, 15) is 0 Å². The summed E-state index contributed by atoms with van der Waals surface area (Å²) in [5, 5.41) is 11.2. The van der Waals surface area contributed by atoms with E-state index in [0.717, 1.165) is 87.6 Å². The third-order valence-electron chi connectivity index (χ3n) is 11.7. The SMILES string of the molecule is c1ccc(-c2ccc3c(-c4ccc(-c5nc(-c6ccc7ccccc7c6)nc(-c6ccc7ccccc7c6)n5)c5ccccc45)cc4c5ccccc5oc4c3c2)cc1. The largest absolute Gasteiger partial charge is 0.455 e. The average Bonchev–Trinajstić information content (AvgIpc) is 3.69. The summed E-state index contributed by atoms with van der Waals surface area (Å²) < 4.78 is 6.63. The topological polar surface area (TPSA) is 51.8 Å². The second-order valence-corrected chi connectivity index (χ2v) is 15.2. The van der Waals surface area contributed by atoms with Crippen LogP contribution < -0.4 is 0 Å². The van der Waals surface area contributed by atoms with E-state index in [1.54, 1.807) is 0 Å². The number of rotatable bonds is 5. The Morgan fingerprint density at radius 2 is 0.780 bits per heavy atom. The van der Waals surface area contributed by atoms with Crippen LogP contribution in [0.2, 0.25) is 0 Å². The summed E-state index contributed by atoms with van der Waals surface area (Å²) in [6.45, 7) is 0. The predicted molar refractivity (Wildman–Crippen MR) is 244 cm³/mol. The minimum absolute atomic E-state index is 0.628. The van der Waals surface area contributed by atoms with Crippen LogP contribution in [-0.4, -0.2) is 15.0 Å². The Kier molecular flexibility index (Phi) is 7.50. The molecule has 10 aromatic carbocycles. The number of nitrogens with zero attached hydrogens (tertiary/aromatic N) is 3. The van der Waals surface area contributed by atoms with Gasteiger partial charge in [-0.1, -0.05) is 164 Å². The molecule has 59 heavy (non-hydrogen) atoms. The van der Waals surface area contributed by atoms with Crippen LogP contribution in [0.15, 0.2) is 205 Å². The quantitative estimate of drug-likeness (QED) is 0.176. The fraction of sp³-hybridized carbons (Fsp3) is 0. The first kappa shape index (κ1) is 33.2. The van der Waals surface area contributed by atoms with Crippen molar-refractivity contribution in [3.63, 3.8) is 0 Å². The number of furan rings is 1. The van der Waals surface area contributed by atoms with Gasteiger partial charge in [0.1, 0.15) is 11.2 Å². The number of benzene rings is 10. The second-order valence-electron chi connectivity index (χ2n) is 15.2. The number of hydrogen-bond donors (Lipinski definition) is 0. The van der Waals surface area contributed by atoms with Gasteiger partial charge in [0.05, 0.1) is 0 Å². The summed E-state index contributed by atoms with van der Waals surface area (Å²) in [6.07, 6.45) is 0. The Bertz CT molecular complexity index is 3530. The molecule has 0 saturated heterocycles. The first-order chi connectivity index (χ1) is 29.2. The van der Waals surface area contributed by atoms with Crippen LogP contribution in [0.25, 0.3) is 121 Å². The van der Waals surface area contributed by atoms with E-state index in [1.165, 1.54) is 16.3 Å². The molecular formula is C55H33N3O. The van der Waals surface area contributed by atoms with Gasteiger partial charge in [0.15, 0.2) is 17.5 Å². The molecule has 0 radical (unpaired) electrons. The molecule has 274 valence electrons. The standard InChI is InChI=1S/C55H33N3O/c1-2-12-34(13-3-1)39-26-27-45-48(33-50-46-20-10-11-21-51(46)59-52(50)49(45)32-39)44-28-29-47(43-19-9-8-18-42(43)44)55-57-53(40-24-22-35-14-4-6-16-37(35)30-40)56-54(58-55)41-25-23-36-15-5-7-17-38(36)31-41/h1-33H. The van der Waals surface area contributed by atoms with Crippen molar-refractivity contribution in [2.45, 2.75) is 0 Å². The number of hydrogen-bond acceptors (Lipinski definition) is 4. The summed E-state index contributed by atoms with van der Waals surface area (Å²) in [7, 11) is 0. The summed E-state index contributed by atoms with van der Waals surface area (Å²) in [5.41, 5.74) is 9.20. The molecule has 2 heterocycles. The third-order valence-corrected chi connectivity index (χ3v) is 11.7. The van der Waals surface area contributed by atoms with Gasteiger partial charge in [0.25, 0.3) is 0 Å². The van der Waals surface area contributed by atoms with E-state index in [-0.39, 0.29) is 0 Å². The lowest BCUT2D eigenvalue weighted by molar-refractivity contribution is 0.672. The summed E-state index contributed by atoms with van der Waals surface area (Å²) in [6, 6.07) is 70.6. The van der Waals surface area contributed by atoms with Crippen LogP contribution >= 0.6 is 0 Å². The van der Waals surface area contributed by atoms with Gasteiger partial charge in [-0.25, -0.2) is 15.0 Å². The molecule has 0 amide bonds. The van der Waals surface area contributed by atoms with Crippen molar-refractivity contribution < 1.29 is 4.42 Å². The molecule has 0 aliphatic rings. The molecule has 0 spiro atoms. The summed E-state index contributed by atoms with van der Waals surface area (Å²) in [5.74, 6) is 1.90. The van der Waals surface area contributed by atoms with Crippen LogP contribution in [0.3, 0.4) is 0 Å². The molecule has 4 heteroatoms. The highest BCUT2D eigenvalue weighted by atomic mass is 16.3. The maximum Gasteiger partial charge on any atom is 0.164 e. The molecule has 0 aliphatic carbocycles. The molecular weight excluding hydrogens is 719 g/mol. The van der Waals surface area contributed by atoms with Gasteiger partial charge in [-0.15, -0.1) is 0 Å². The van der Waals surface area contributed by atoms with Gasteiger partial charge in [-0.2, -0.15) is 0 Å². The Labute approximate surface area is 339 Å². The summed E-state index contributed by atoms with van der Waals surface area (Å²) >= 11 is 0. The molecule has 12 aromatic rings. The lowest BCUT2D eigenvalue weighted by Crippen LogP contribution is -2.01. The van der Waals surface area contributed by atoms with Crippen molar-refractivity contribution in [3.8, 4) is 56.4 Å². The van der Waals surface area contributed by atoms with E-state index >= 15 is 0 Å². The molecule has 4 nitrogen and oxygen atoms in total. The Morgan fingerprint density at radius 1 is 0.271 bits per heavy atom. The molecule has 0 N–H and O–H groups in total. The first-order valence-corrected chi connectivity index (χ1v) is 19.9. The number of para-hydroxylation sites is 1. The second kappa shape index (κ2) is 13.3. The van der Waals surface area contributed by atoms with Gasteiger partial charge in [0.2, 0.25) is 0 Å². The van der Waals surface area contributed by atoms with E-state index in [4.69, 9.17) is 19.4 Å². The molecule has 0 atom stereocenters.